The maximum absolute atomic E-state index is 12.8. The molecular formula is C20H16O4S2. The molecule has 0 saturated carbocycles. The van der Waals surface area contributed by atoms with Crippen LogP contribution in [-0.4, -0.2) is 27.1 Å². The highest BCUT2D eigenvalue weighted by Crippen LogP contribution is 2.28. The SMILES string of the molecule is Cc1ccc2c(C(=O)c3ccc(C#CCOS(C)(=O)=O)cc3)csc2c1. The fraction of sp³-hybridized carbons (Fsp3) is 0.150. The Labute approximate surface area is 156 Å². The summed E-state index contributed by atoms with van der Waals surface area (Å²) in [5.74, 6) is 5.41. The van der Waals surface area contributed by atoms with Crippen LogP contribution < -0.4 is 0 Å². The molecule has 0 aliphatic rings. The number of hydrogen-bond acceptors (Lipinski definition) is 5. The predicted molar refractivity (Wildman–Crippen MR) is 104 cm³/mol. The zero-order valence-electron chi connectivity index (χ0n) is 14.3. The summed E-state index contributed by atoms with van der Waals surface area (Å²) < 4.78 is 27.4. The minimum atomic E-state index is -3.49. The zero-order chi connectivity index (χ0) is 18.7. The first-order valence-electron chi connectivity index (χ1n) is 7.79. The normalized spacial score (nSPS) is 11.2. The number of hydrogen-bond donors (Lipinski definition) is 0. The number of benzene rings is 2. The Morgan fingerprint density at radius 2 is 1.88 bits per heavy atom. The Balaban J connectivity index is 1.77. The Morgan fingerprint density at radius 3 is 2.58 bits per heavy atom. The summed E-state index contributed by atoms with van der Waals surface area (Å²) in [4.78, 5) is 12.8. The van der Waals surface area contributed by atoms with E-state index < -0.39 is 10.1 Å². The van der Waals surface area contributed by atoms with Crippen LogP contribution in [0.25, 0.3) is 10.1 Å². The highest BCUT2D eigenvalue weighted by atomic mass is 32.2. The zero-order valence-corrected chi connectivity index (χ0v) is 15.9. The number of fused-ring (bicyclic) bond motifs is 1. The number of thiophene rings is 1. The Morgan fingerprint density at radius 1 is 1.15 bits per heavy atom. The third-order valence-corrected chi connectivity index (χ3v) is 5.19. The number of aryl methyl sites for hydroxylation is 1. The van der Waals surface area contributed by atoms with Gasteiger partial charge in [0.15, 0.2) is 5.78 Å². The molecule has 2 aromatic carbocycles. The average molecular weight is 384 g/mol. The second kappa shape index (κ2) is 7.42. The van der Waals surface area contributed by atoms with Crippen molar-refractivity contribution in [2.24, 2.45) is 0 Å². The van der Waals surface area contributed by atoms with Gasteiger partial charge in [-0.05, 0) is 42.8 Å². The van der Waals surface area contributed by atoms with Crippen molar-refractivity contribution in [1.29, 1.82) is 0 Å². The lowest BCUT2D eigenvalue weighted by atomic mass is 10.0. The number of rotatable bonds is 4. The molecule has 0 fully saturated rings. The van der Waals surface area contributed by atoms with Crippen molar-refractivity contribution in [2.75, 3.05) is 12.9 Å². The summed E-state index contributed by atoms with van der Waals surface area (Å²) in [5.41, 5.74) is 3.14. The maximum atomic E-state index is 12.8. The molecule has 4 nitrogen and oxygen atoms in total. The monoisotopic (exact) mass is 384 g/mol. The number of carbonyl (C=O) groups is 1. The molecule has 0 aliphatic heterocycles. The molecule has 0 N–H and O–H groups in total. The van der Waals surface area contributed by atoms with E-state index in [-0.39, 0.29) is 12.4 Å². The van der Waals surface area contributed by atoms with E-state index in [1.807, 2.05) is 24.4 Å². The van der Waals surface area contributed by atoms with E-state index in [1.165, 1.54) is 5.56 Å². The van der Waals surface area contributed by atoms with Gasteiger partial charge >= 0.3 is 0 Å². The van der Waals surface area contributed by atoms with Crippen LogP contribution in [-0.2, 0) is 14.3 Å². The van der Waals surface area contributed by atoms with Crippen LogP contribution in [0.15, 0.2) is 47.8 Å². The Hall–Kier alpha value is -2.46. The predicted octanol–water partition coefficient (Wildman–Crippen LogP) is 3.77. The van der Waals surface area contributed by atoms with Gasteiger partial charge in [-0.2, -0.15) is 8.42 Å². The van der Waals surface area contributed by atoms with E-state index in [0.29, 0.717) is 16.7 Å². The summed E-state index contributed by atoms with van der Waals surface area (Å²) in [7, 11) is -3.49. The van der Waals surface area contributed by atoms with Gasteiger partial charge in [-0.1, -0.05) is 24.0 Å². The summed E-state index contributed by atoms with van der Waals surface area (Å²) in [6.07, 6.45) is 0.977. The van der Waals surface area contributed by atoms with Crippen molar-refractivity contribution in [3.63, 3.8) is 0 Å². The molecule has 0 aliphatic carbocycles. The fourth-order valence-corrected chi connectivity index (χ4v) is 3.76. The minimum absolute atomic E-state index is 0.0278. The highest BCUT2D eigenvalue weighted by molar-refractivity contribution is 7.86. The molecular weight excluding hydrogens is 368 g/mol. The van der Waals surface area contributed by atoms with E-state index >= 15 is 0 Å². The molecule has 1 heterocycles. The molecule has 0 saturated heterocycles. The van der Waals surface area contributed by atoms with E-state index in [2.05, 4.69) is 22.1 Å². The summed E-state index contributed by atoms with van der Waals surface area (Å²) in [6.45, 7) is 1.83. The van der Waals surface area contributed by atoms with Crippen molar-refractivity contribution in [2.45, 2.75) is 6.92 Å². The minimum Gasteiger partial charge on any atom is -0.289 e. The lowest BCUT2D eigenvalue weighted by Crippen LogP contribution is -2.02. The van der Waals surface area contributed by atoms with Crippen LogP contribution in [0.1, 0.15) is 27.0 Å². The summed E-state index contributed by atoms with van der Waals surface area (Å²) >= 11 is 1.56. The van der Waals surface area contributed by atoms with E-state index in [9.17, 15) is 13.2 Å². The van der Waals surface area contributed by atoms with Crippen LogP contribution in [0.5, 0.6) is 0 Å². The standard InChI is InChI=1S/C20H16O4S2/c1-14-5-10-17-18(13-25-19(17)12-14)20(21)16-8-6-15(7-9-16)4-3-11-24-26(2,22)23/h5-10,12-13H,11H2,1-2H3. The van der Waals surface area contributed by atoms with Gasteiger partial charge in [0.1, 0.15) is 6.61 Å². The van der Waals surface area contributed by atoms with E-state index in [0.717, 1.165) is 16.3 Å². The molecule has 0 radical (unpaired) electrons. The molecule has 0 bridgehead atoms. The van der Waals surface area contributed by atoms with Crippen molar-refractivity contribution < 1.29 is 17.4 Å². The quantitative estimate of drug-likeness (QED) is 0.390. The highest BCUT2D eigenvalue weighted by Gasteiger charge is 2.14. The Kier molecular flexibility index (Phi) is 5.23. The lowest BCUT2D eigenvalue weighted by molar-refractivity contribution is 0.104. The average Bonchev–Trinajstić information content (AvgIpc) is 3.00. The third kappa shape index (κ3) is 4.38. The van der Waals surface area contributed by atoms with Gasteiger partial charge in [-0.25, -0.2) is 0 Å². The van der Waals surface area contributed by atoms with Crippen LogP contribution in [0, 0.1) is 18.8 Å². The van der Waals surface area contributed by atoms with Crippen LogP contribution >= 0.6 is 11.3 Å². The molecule has 6 heteroatoms. The second-order valence-corrected chi connectivity index (χ2v) is 8.38. The van der Waals surface area contributed by atoms with Gasteiger partial charge in [-0.3, -0.25) is 8.98 Å². The maximum Gasteiger partial charge on any atom is 0.265 e. The molecule has 0 amide bonds. The molecule has 0 unspecified atom stereocenters. The van der Waals surface area contributed by atoms with Crippen molar-refractivity contribution in [3.8, 4) is 11.8 Å². The van der Waals surface area contributed by atoms with Crippen LogP contribution in [0.2, 0.25) is 0 Å². The molecule has 132 valence electrons. The topological polar surface area (TPSA) is 60.4 Å². The molecule has 26 heavy (non-hydrogen) atoms. The van der Waals surface area contributed by atoms with Gasteiger partial charge < -0.3 is 0 Å². The Bertz CT molecular complexity index is 1130. The van der Waals surface area contributed by atoms with Gasteiger partial charge in [0.25, 0.3) is 10.1 Å². The molecule has 1 aromatic heterocycles. The van der Waals surface area contributed by atoms with Gasteiger partial charge in [0, 0.05) is 32.2 Å². The third-order valence-electron chi connectivity index (χ3n) is 3.70. The van der Waals surface area contributed by atoms with Gasteiger partial charge in [0.05, 0.1) is 6.26 Å². The number of ketones is 1. The molecule has 3 aromatic rings. The fourth-order valence-electron chi connectivity index (χ4n) is 2.45. The first-order chi connectivity index (χ1) is 12.3. The van der Waals surface area contributed by atoms with E-state index in [1.54, 1.807) is 35.6 Å². The molecule has 3 rings (SSSR count). The van der Waals surface area contributed by atoms with Crippen molar-refractivity contribution >= 4 is 37.3 Å². The van der Waals surface area contributed by atoms with Gasteiger partial charge in [-0.15, -0.1) is 11.3 Å². The van der Waals surface area contributed by atoms with E-state index in [4.69, 9.17) is 0 Å². The van der Waals surface area contributed by atoms with Crippen LogP contribution in [0.3, 0.4) is 0 Å². The largest absolute Gasteiger partial charge is 0.289 e. The van der Waals surface area contributed by atoms with Crippen molar-refractivity contribution in [3.05, 3.63) is 70.1 Å². The number of carbonyl (C=O) groups excluding carboxylic acids is 1. The van der Waals surface area contributed by atoms with Crippen molar-refractivity contribution in [1.82, 2.24) is 0 Å². The second-order valence-electron chi connectivity index (χ2n) is 5.82. The van der Waals surface area contributed by atoms with Crippen LogP contribution in [0.4, 0.5) is 0 Å². The lowest BCUT2D eigenvalue weighted by Gasteiger charge is -2.01. The molecule has 0 atom stereocenters. The summed E-state index contributed by atoms with van der Waals surface area (Å²) in [5, 5.41) is 2.86. The van der Waals surface area contributed by atoms with Gasteiger partial charge in [0.2, 0.25) is 0 Å². The smallest absolute Gasteiger partial charge is 0.265 e. The first kappa shape index (κ1) is 18.3. The summed E-state index contributed by atoms with van der Waals surface area (Å²) in [6, 6.07) is 13.0. The molecule has 0 spiro atoms. The first-order valence-corrected chi connectivity index (χ1v) is 10.5.